The quantitative estimate of drug-likeness (QED) is 0.595. The molecule has 11 heavy (non-hydrogen) atoms. The Morgan fingerprint density at radius 3 is 2.82 bits per heavy atom. The van der Waals surface area contributed by atoms with Crippen molar-refractivity contribution in [2.45, 2.75) is 19.4 Å². The minimum absolute atomic E-state index is 0.275. The van der Waals surface area contributed by atoms with Crippen molar-refractivity contribution >= 4 is 11.9 Å². The van der Waals surface area contributed by atoms with Gasteiger partial charge in [-0.05, 0) is 6.92 Å². The SMILES string of the molecule is CC(C(=O)O)N1CCC(=O)O1. The lowest BCUT2D eigenvalue weighted by molar-refractivity contribution is -0.185. The molecule has 0 radical (unpaired) electrons. The van der Waals surface area contributed by atoms with Crippen LogP contribution < -0.4 is 0 Å². The number of carbonyl (C=O) groups is 2. The zero-order valence-corrected chi connectivity index (χ0v) is 6.11. The summed E-state index contributed by atoms with van der Waals surface area (Å²) in [4.78, 5) is 25.5. The third kappa shape index (κ3) is 1.68. The first-order valence-corrected chi connectivity index (χ1v) is 3.31. The molecule has 1 rings (SSSR count). The van der Waals surface area contributed by atoms with Gasteiger partial charge in [0.2, 0.25) is 0 Å². The summed E-state index contributed by atoms with van der Waals surface area (Å²) in [7, 11) is 0. The zero-order valence-electron chi connectivity index (χ0n) is 6.11. The lowest BCUT2D eigenvalue weighted by Gasteiger charge is -2.16. The molecule has 0 aliphatic carbocycles. The predicted molar refractivity (Wildman–Crippen MR) is 34.5 cm³/mol. The Kier molecular flexibility index (Phi) is 2.09. The maximum atomic E-state index is 10.5. The second-order valence-corrected chi connectivity index (χ2v) is 2.37. The normalized spacial score (nSPS) is 21.4. The smallest absolute Gasteiger partial charge is 0.326 e. The molecule has 1 fully saturated rings. The van der Waals surface area contributed by atoms with Crippen molar-refractivity contribution in [1.82, 2.24) is 5.06 Å². The second kappa shape index (κ2) is 2.87. The maximum Gasteiger partial charge on any atom is 0.326 e. The van der Waals surface area contributed by atoms with Gasteiger partial charge in [0, 0.05) is 6.54 Å². The number of carboxylic acid groups (broad SMARTS) is 1. The average Bonchev–Trinajstić information content (AvgIpc) is 2.34. The van der Waals surface area contributed by atoms with Gasteiger partial charge in [-0.15, -0.1) is 5.06 Å². The van der Waals surface area contributed by atoms with Gasteiger partial charge in [-0.2, -0.15) is 0 Å². The lowest BCUT2D eigenvalue weighted by atomic mass is 10.3. The highest BCUT2D eigenvalue weighted by atomic mass is 16.7. The molecule has 5 nitrogen and oxygen atoms in total. The fraction of sp³-hybridized carbons (Fsp3) is 0.667. The van der Waals surface area contributed by atoms with E-state index < -0.39 is 12.0 Å². The van der Waals surface area contributed by atoms with Crippen LogP contribution in [0.25, 0.3) is 0 Å². The molecule has 1 unspecified atom stereocenters. The molecule has 1 saturated heterocycles. The number of rotatable bonds is 2. The first-order chi connectivity index (χ1) is 5.11. The largest absolute Gasteiger partial charge is 0.480 e. The molecule has 1 atom stereocenters. The minimum Gasteiger partial charge on any atom is -0.480 e. The van der Waals surface area contributed by atoms with E-state index in [4.69, 9.17) is 5.11 Å². The van der Waals surface area contributed by atoms with Gasteiger partial charge in [-0.3, -0.25) is 9.59 Å². The summed E-state index contributed by atoms with van der Waals surface area (Å²) >= 11 is 0. The topological polar surface area (TPSA) is 66.8 Å². The highest BCUT2D eigenvalue weighted by Gasteiger charge is 2.29. The van der Waals surface area contributed by atoms with E-state index in [9.17, 15) is 9.59 Å². The predicted octanol–water partition coefficient (Wildman–Crippen LogP) is -0.377. The first-order valence-electron chi connectivity index (χ1n) is 3.31. The molecule has 1 heterocycles. The van der Waals surface area contributed by atoms with E-state index >= 15 is 0 Å². The number of hydrogen-bond acceptors (Lipinski definition) is 4. The standard InChI is InChI=1S/C6H9NO4/c1-4(6(9)10)7-3-2-5(8)11-7/h4H,2-3H2,1H3,(H,9,10). The van der Waals surface area contributed by atoms with Crippen LogP contribution in [0.3, 0.4) is 0 Å². The van der Waals surface area contributed by atoms with Crippen LogP contribution in [-0.4, -0.2) is 34.7 Å². The first kappa shape index (κ1) is 8.00. The molecule has 0 saturated carbocycles. The van der Waals surface area contributed by atoms with Crippen molar-refractivity contribution in [2.24, 2.45) is 0 Å². The molecule has 0 aromatic rings. The summed E-state index contributed by atoms with van der Waals surface area (Å²) in [5.41, 5.74) is 0. The van der Waals surface area contributed by atoms with E-state index in [0.717, 1.165) is 0 Å². The van der Waals surface area contributed by atoms with Crippen LogP contribution in [0.4, 0.5) is 0 Å². The third-order valence-electron chi connectivity index (χ3n) is 1.54. The molecule has 1 aliphatic rings. The molecule has 0 aromatic carbocycles. The van der Waals surface area contributed by atoms with E-state index in [1.165, 1.54) is 12.0 Å². The van der Waals surface area contributed by atoms with Gasteiger partial charge < -0.3 is 9.94 Å². The Hall–Kier alpha value is -1.10. The molecular weight excluding hydrogens is 150 g/mol. The third-order valence-corrected chi connectivity index (χ3v) is 1.54. The summed E-state index contributed by atoms with van der Waals surface area (Å²) in [6.07, 6.45) is 0.275. The van der Waals surface area contributed by atoms with E-state index in [2.05, 4.69) is 4.84 Å². The van der Waals surface area contributed by atoms with Crippen LogP contribution in [0.1, 0.15) is 13.3 Å². The summed E-state index contributed by atoms with van der Waals surface area (Å²) in [6, 6.07) is -0.749. The van der Waals surface area contributed by atoms with Crippen LogP contribution in [0.5, 0.6) is 0 Å². The molecule has 5 heteroatoms. The highest BCUT2D eigenvalue weighted by Crippen LogP contribution is 2.10. The summed E-state index contributed by atoms with van der Waals surface area (Å²) in [5, 5.41) is 9.67. The Labute approximate surface area is 63.5 Å². The van der Waals surface area contributed by atoms with Crippen molar-refractivity contribution in [3.05, 3.63) is 0 Å². The Morgan fingerprint density at radius 2 is 2.45 bits per heavy atom. The number of hydroxylamine groups is 2. The molecule has 0 bridgehead atoms. The molecule has 62 valence electrons. The van der Waals surface area contributed by atoms with Crippen molar-refractivity contribution in [1.29, 1.82) is 0 Å². The van der Waals surface area contributed by atoms with Gasteiger partial charge >= 0.3 is 11.9 Å². The van der Waals surface area contributed by atoms with Gasteiger partial charge in [-0.25, -0.2) is 0 Å². The highest BCUT2D eigenvalue weighted by molar-refractivity contribution is 5.75. The number of aliphatic carboxylic acids is 1. The van der Waals surface area contributed by atoms with Crippen LogP contribution in [0.2, 0.25) is 0 Å². The van der Waals surface area contributed by atoms with Crippen LogP contribution in [0.15, 0.2) is 0 Å². The molecule has 1 N–H and O–H groups in total. The van der Waals surface area contributed by atoms with E-state index in [1.54, 1.807) is 0 Å². The molecule has 0 aromatic heterocycles. The molecule has 0 amide bonds. The number of carbonyl (C=O) groups excluding carboxylic acids is 1. The van der Waals surface area contributed by atoms with Gasteiger partial charge in [0.05, 0.1) is 6.42 Å². The maximum absolute atomic E-state index is 10.5. The fourth-order valence-corrected chi connectivity index (χ4v) is 0.819. The van der Waals surface area contributed by atoms with Crippen LogP contribution in [-0.2, 0) is 14.4 Å². The van der Waals surface area contributed by atoms with Gasteiger partial charge in [0.15, 0.2) is 0 Å². The zero-order chi connectivity index (χ0) is 8.43. The number of nitrogens with zero attached hydrogens (tertiary/aromatic N) is 1. The number of hydrogen-bond donors (Lipinski definition) is 1. The lowest BCUT2D eigenvalue weighted by Crippen LogP contribution is -2.35. The summed E-state index contributed by atoms with van der Waals surface area (Å²) < 4.78 is 0. The summed E-state index contributed by atoms with van der Waals surface area (Å²) in [6.45, 7) is 1.84. The Balaban J connectivity index is 2.49. The minimum atomic E-state index is -0.986. The summed E-state index contributed by atoms with van der Waals surface area (Å²) in [5.74, 6) is -1.35. The monoisotopic (exact) mass is 159 g/mol. The number of carboxylic acids is 1. The molecule has 0 spiro atoms. The Morgan fingerprint density at radius 1 is 1.82 bits per heavy atom. The Bertz CT molecular complexity index is 191. The molecular formula is C6H9NO4. The molecule has 1 aliphatic heterocycles. The average molecular weight is 159 g/mol. The van der Waals surface area contributed by atoms with E-state index in [0.29, 0.717) is 6.54 Å². The van der Waals surface area contributed by atoms with Crippen molar-refractivity contribution in [3.8, 4) is 0 Å². The van der Waals surface area contributed by atoms with Crippen molar-refractivity contribution in [2.75, 3.05) is 6.54 Å². The van der Waals surface area contributed by atoms with Crippen molar-refractivity contribution in [3.63, 3.8) is 0 Å². The van der Waals surface area contributed by atoms with Crippen molar-refractivity contribution < 1.29 is 19.5 Å². The van der Waals surface area contributed by atoms with Crippen LogP contribution in [0, 0.1) is 0 Å². The second-order valence-electron chi connectivity index (χ2n) is 2.37. The van der Waals surface area contributed by atoms with Crippen LogP contribution >= 0.6 is 0 Å². The van der Waals surface area contributed by atoms with E-state index in [-0.39, 0.29) is 12.4 Å². The van der Waals surface area contributed by atoms with Gasteiger partial charge in [0.25, 0.3) is 0 Å². The fourth-order valence-electron chi connectivity index (χ4n) is 0.819. The van der Waals surface area contributed by atoms with Gasteiger partial charge in [0.1, 0.15) is 6.04 Å². The van der Waals surface area contributed by atoms with Gasteiger partial charge in [-0.1, -0.05) is 0 Å². The van der Waals surface area contributed by atoms with E-state index in [1.807, 2.05) is 0 Å².